The van der Waals surface area contributed by atoms with Crippen molar-refractivity contribution < 1.29 is 0 Å². The Bertz CT molecular complexity index is 802. The molecule has 0 saturated heterocycles. The van der Waals surface area contributed by atoms with Gasteiger partial charge in [-0.25, -0.2) is 9.97 Å². The van der Waals surface area contributed by atoms with E-state index in [-0.39, 0.29) is 0 Å². The number of anilines is 1. The van der Waals surface area contributed by atoms with E-state index in [0.717, 1.165) is 35.0 Å². The number of hydrogen-bond acceptors (Lipinski definition) is 5. The highest BCUT2D eigenvalue weighted by Gasteiger charge is 2.25. The third-order valence-corrected chi connectivity index (χ3v) is 5.59. The molecule has 1 aromatic heterocycles. The SMILES string of the molecule is CC(C)CSc1nc(NC2CC2)c(C#N)c(-c2ccc(C(C)C)cc2)n1. The Balaban J connectivity index is 2.02. The van der Waals surface area contributed by atoms with Gasteiger partial charge in [-0.15, -0.1) is 0 Å². The number of aromatic nitrogens is 2. The maximum atomic E-state index is 9.77. The average molecular weight is 367 g/mol. The van der Waals surface area contributed by atoms with Crippen LogP contribution in [-0.2, 0) is 0 Å². The molecule has 1 N–H and O–H groups in total. The molecule has 1 aromatic carbocycles. The van der Waals surface area contributed by atoms with Gasteiger partial charge in [-0.3, -0.25) is 0 Å². The molecule has 2 aromatic rings. The van der Waals surface area contributed by atoms with Crippen LogP contribution in [0.5, 0.6) is 0 Å². The number of rotatable bonds is 7. The van der Waals surface area contributed by atoms with Gasteiger partial charge >= 0.3 is 0 Å². The lowest BCUT2D eigenvalue weighted by Crippen LogP contribution is -2.09. The maximum absolute atomic E-state index is 9.77. The first-order chi connectivity index (χ1) is 12.5. The standard InChI is InChI=1S/C21H26N4S/c1-13(2)12-26-21-24-19(16-7-5-15(6-8-16)14(3)4)18(11-22)20(25-21)23-17-9-10-17/h5-8,13-14,17H,9-10,12H2,1-4H3,(H,23,24,25). The third-order valence-electron chi connectivity index (χ3n) is 4.32. The van der Waals surface area contributed by atoms with Gasteiger partial charge in [0.25, 0.3) is 0 Å². The van der Waals surface area contributed by atoms with E-state index >= 15 is 0 Å². The summed E-state index contributed by atoms with van der Waals surface area (Å²) in [5.41, 5.74) is 3.53. The van der Waals surface area contributed by atoms with Crippen molar-refractivity contribution in [2.45, 2.75) is 57.7 Å². The second-order valence-corrected chi connectivity index (χ2v) is 8.58. The van der Waals surface area contributed by atoms with Crippen LogP contribution >= 0.6 is 11.8 Å². The topological polar surface area (TPSA) is 61.6 Å². The van der Waals surface area contributed by atoms with E-state index < -0.39 is 0 Å². The molecule has 26 heavy (non-hydrogen) atoms. The lowest BCUT2D eigenvalue weighted by Gasteiger charge is -2.13. The number of nitrogens with one attached hydrogen (secondary N) is 1. The summed E-state index contributed by atoms with van der Waals surface area (Å²) in [4.78, 5) is 9.38. The molecule has 1 aliphatic carbocycles. The maximum Gasteiger partial charge on any atom is 0.190 e. The molecule has 4 nitrogen and oxygen atoms in total. The quantitative estimate of drug-likeness (QED) is 0.521. The summed E-state index contributed by atoms with van der Waals surface area (Å²) in [5.74, 6) is 2.68. The molecule has 0 atom stereocenters. The van der Waals surface area contributed by atoms with E-state index in [4.69, 9.17) is 4.98 Å². The average Bonchev–Trinajstić information content (AvgIpc) is 3.43. The number of thioether (sulfide) groups is 1. The van der Waals surface area contributed by atoms with E-state index in [1.165, 1.54) is 5.56 Å². The fraction of sp³-hybridized carbons (Fsp3) is 0.476. The second-order valence-electron chi connectivity index (χ2n) is 7.59. The Hall–Kier alpha value is -2.06. The Morgan fingerprint density at radius 2 is 1.85 bits per heavy atom. The van der Waals surface area contributed by atoms with Crippen LogP contribution in [0.3, 0.4) is 0 Å². The lowest BCUT2D eigenvalue weighted by atomic mass is 9.99. The van der Waals surface area contributed by atoms with Crippen molar-refractivity contribution in [3.8, 4) is 17.3 Å². The summed E-state index contributed by atoms with van der Waals surface area (Å²) >= 11 is 1.65. The zero-order chi connectivity index (χ0) is 18.7. The van der Waals surface area contributed by atoms with Crippen LogP contribution in [0.15, 0.2) is 29.4 Å². The number of hydrogen-bond donors (Lipinski definition) is 1. The molecule has 1 aliphatic rings. The summed E-state index contributed by atoms with van der Waals surface area (Å²) in [6.45, 7) is 8.73. The van der Waals surface area contributed by atoms with Crippen molar-refractivity contribution in [2.24, 2.45) is 5.92 Å². The molecule has 0 bridgehead atoms. The second kappa shape index (κ2) is 8.09. The molecule has 0 amide bonds. The van der Waals surface area contributed by atoms with Gasteiger partial charge in [0, 0.05) is 17.4 Å². The van der Waals surface area contributed by atoms with Crippen molar-refractivity contribution in [1.29, 1.82) is 5.26 Å². The zero-order valence-corrected chi connectivity index (χ0v) is 16.7. The predicted octanol–water partition coefficient (Wildman–Crippen LogP) is 5.46. The number of nitrogens with zero attached hydrogens (tertiary/aromatic N) is 3. The Morgan fingerprint density at radius 3 is 2.38 bits per heavy atom. The minimum Gasteiger partial charge on any atom is -0.366 e. The van der Waals surface area contributed by atoms with E-state index in [1.54, 1.807) is 11.8 Å². The predicted molar refractivity (Wildman–Crippen MR) is 108 cm³/mol. The summed E-state index contributed by atoms with van der Waals surface area (Å²) in [7, 11) is 0. The fourth-order valence-corrected chi connectivity index (χ4v) is 3.41. The monoisotopic (exact) mass is 366 g/mol. The third kappa shape index (κ3) is 4.56. The molecule has 5 heteroatoms. The molecule has 3 rings (SSSR count). The zero-order valence-electron chi connectivity index (χ0n) is 15.9. The molecular weight excluding hydrogens is 340 g/mol. The van der Waals surface area contributed by atoms with Crippen LogP contribution < -0.4 is 5.32 Å². The molecule has 1 heterocycles. The van der Waals surface area contributed by atoms with E-state index in [0.29, 0.717) is 29.3 Å². The van der Waals surface area contributed by atoms with Crippen molar-refractivity contribution >= 4 is 17.6 Å². The van der Waals surface area contributed by atoms with E-state index in [9.17, 15) is 5.26 Å². The Kier molecular flexibility index (Phi) is 5.83. The van der Waals surface area contributed by atoms with E-state index in [2.05, 4.69) is 68.3 Å². The summed E-state index contributed by atoms with van der Waals surface area (Å²) in [6, 6.07) is 11.1. The van der Waals surface area contributed by atoms with Crippen LogP contribution in [0.1, 0.15) is 57.6 Å². The van der Waals surface area contributed by atoms with Crippen molar-refractivity contribution in [3.63, 3.8) is 0 Å². The fourth-order valence-electron chi connectivity index (χ4n) is 2.61. The summed E-state index contributed by atoms with van der Waals surface area (Å²) in [5, 5.41) is 13.9. The van der Waals surface area contributed by atoms with Crippen molar-refractivity contribution in [3.05, 3.63) is 35.4 Å². The van der Waals surface area contributed by atoms with Crippen LogP contribution in [0.2, 0.25) is 0 Å². The lowest BCUT2D eigenvalue weighted by molar-refractivity contribution is 0.748. The van der Waals surface area contributed by atoms with Crippen LogP contribution in [0.4, 0.5) is 5.82 Å². The highest BCUT2D eigenvalue weighted by molar-refractivity contribution is 7.99. The van der Waals surface area contributed by atoms with Gasteiger partial charge in [-0.05, 0) is 30.2 Å². The van der Waals surface area contributed by atoms with Crippen LogP contribution in [0, 0.1) is 17.2 Å². The first-order valence-corrected chi connectivity index (χ1v) is 10.3. The molecular formula is C21H26N4S. The van der Waals surface area contributed by atoms with Gasteiger partial charge in [0.15, 0.2) is 5.16 Å². The van der Waals surface area contributed by atoms with Crippen molar-refractivity contribution in [1.82, 2.24) is 9.97 Å². The van der Waals surface area contributed by atoms with E-state index in [1.807, 2.05) is 0 Å². The molecule has 136 valence electrons. The van der Waals surface area contributed by atoms with Gasteiger partial charge in [0.05, 0.1) is 5.69 Å². The smallest absolute Gasteiger partial charge is 0.190 e. The van der Waals surface area contributed by atoms with Gasteiger partial charge in [0.1, 0.15) is 17.5 Å². The molecule has 0 radical (unpaired) electrons. The summed E-state index contributed by atoms with van der Waals surface area (Å²) in [6.07, 6.45) is 2.28. The normalized spacial score (nSPS) is 13.9. The van der Waals surface area contributed by atoms with Gasteiger partial charge in [-0.2, -0.15) is 5.26 Å². The Morgan fingerprint density at radius 1 is 1.15 bits per heavy atom. The molecule has 1 fully saturated rings. The minimum absolute atomic E-state index is 0.441. The molecule has 0 spiro atoms. The number of nitriles is 1. The van der Waals surface area contributed by atoms with Gasteiger partial charge in [-0.1, -0.05) is 63.7 Å². The van der Waals surface area contributed by atoms with Crippen LogP contribution in [-0.4, -0.2) is 21.8 Å². The van der Waals surface area contributed by atoms with Crippen LogP contribution in [0.25, 0.3) is 11.3 Å². The number of benzene rings is 1. The first kappa shape index (κ1) is 18.7. The van der Waals surface area contributed by atoms with Gasteiger partial charge in [0.2, 0.25) is 0 Å². The highest BCUT2D eigenvalue weighted by Crippen LogP contribution is 2.33. The Labute approximate surface area is 160 Å². The molecule has 0 aliphatic heterocycles. The molecule has 1 saturated carbocycles. The largest absolute Gasteiger partial charge is 0.366 e. The molecule has 0 unspecified atom stereocenters. The summed E-state index contributed by atoms with van der Waals surface area (Å²) < 4.78 is 0. The minimum atomic E-state index is 0.441. The highest BCUT2D eigenvalue weighted by atomic mass is 32.2. The first-order valence-electron chi connectivity index (χ1n) is 9.29. The van der Waals surface area contributed by atoms with Crippen molar-refractivity contribution in [2.75, 3.05) is 11.1 Å². The van der Waals surface area contributed by atoms with Gasteiger partial charge < -0.3 is 5.32 Å².